The summed E-state index contributed by atoms with van der Waals surface area (Å²) in [7, 11) is 0. The Balaban J connectivity index is 1.70. The molecule has 1 aromatic carbocycles. The van der Waals surface area contributed by atoms with Crippen molar-refractivity contribution in [2.45, 2.75) is 78.9 Å². The first-order valence-corrected chi connectivity index (χ1v) is 11.5. The van der Waals surface area contributed by atoms with Crippen molar-refractivity contribution in [1.29, 1.82) is 0 Å². The Kier molecular flexibility index (Phi) is 10.4. The van der Waals surface area contributed by atoms with E-state index in [2.05, 4.69) is 11.9 Å². The summed E-state index contributed by atoms with van der Waals surface area (Å²) < 4.78 is 19.2. The first-order chi connectivity index (χ1) is 15.0. The third-order valence-electron chi connectivity index (χ3n) is 5.30. The number of esters is 1. The van der Waals surface area contributed by atoms with E-state index in [-0.39, 0.29) is 12.2 Å². The SMILES string of the molecule is CCCCC(Oc1ccc(OCCCCCC(C)(C)C(=O)OCC)cc1)n1ccnc1. The van der Waals surface area contributed by atoms with Gasteiger partial charge in [-0.1, -0.05) is 26.2 Å². The number of hydrogen-bond acceptors (Lipinski definition) is 5. The second-order valence-electron chi connectivity index (χ2n) is 8.46. The lowest BCUT2D eigenvalue weighted by atomic mass is 9.87. The average molecular weight is 431 g/mol. The molecule has 6 nitrogen and oxygen atoms in total. The van der Waals surface area contributed by atoms with Gasteiger partial charge in [0.05, 0.1) is 25.0 Å². The Morgan fingerprint density at radius 3 is 2.45 bits per heavy atom. The van der Waals surface area contributed by atoms with Crippen molar-refractivity contribution < 1.29 is 19.0 Å². The molecular formula is C25H38N2O4. The number of benzene rings is 1. The molecule has 0 spiro atoms. The number of unbranched alkanes of at least 4 members (excludes halogenated alkanes) is 3. The predicted octanol–water partition coefficient (Wildman–Crippen LogP) is 6.18. The highest BCUT2D eigenvalue weighted by molar-refractivity contribution is 5.75. The van der Waals surface area contributed by atoms with Crippen LogP contribution in [-0.4, -0.2) is 28.7 Å². The Morgan fingerprint density at radius 1 is 1.06 bits per heavy atom. The molecule has 0 aliphatic rings. The summed E-state index contributed by atoms with van der Waals surface area (Å²) in [6.07, 6.45) is 12.4. The minimum absolute atomic E-state index is 0.0481. The molecule has 31 heavy (non-hydrogen) atoms. The van der Waals surface area contributed by atoms with E-state index in [1.807, 2.05) is 55.8 Å². The number of ether oxygens (including phenoxy) is 3. The quantitative estimate of drug-likeness (QED) is 0.249. The number of hydrogen-bond donors (Lipinski definition) is 0. The molecule has 1 atom stereocenters. The van der Waals surface area contributed by atoms with Crippen molar-refractivity contribution in [2.75, 3.05) is 13.2 Å². The van der Waals surface area contributed by atoms with Crippen LogP contribution in [0.4, 0.5) is 0 Å². The third-order valence-corrected chi connectivity index (χ3v) is 5.30. The maximum Gasteiger partial charge on any atom is 0.311 e. The van der Waals surface area contributed by atoms with Crippen LogP contribution in [0.5, 0.6) is 11.5 Å². The second kappa shape index (κ2) is 13.0. The number of imidazole rings is 1. The highest BCUT2D eigenvalue weighted by atomic mass is 16.5. The fourth-order valence-electron chi connectivity index (χ4n) is 3.32. The van der Waals surface area contributed by atoms with E-state index in [9.17, 15) is 4.79 Å². The smallest absolute Gasteiger partial charge is 0.311 e. The van der Waals surface area contributed by atoms with Gasteiger partial charge >= 0.3 is 5.97 Å². The summed E-state index contributed by atoms with van der Waals surface area (Å²) in [4.78, 5) is 16.1. The van der Waals surface area contributed by atoms with E-state index in [0.29, 0.717) is 13.2 Å². The number of rotatable bonds is 15. The number of aromatic nitrogens is 2. The molecule has 0 amide bonds. The van der Waals surface area contributed by atoms with Gasteiger partial charge in [-0.15, -0.1) is 0 Å². The molecule has 1 aromatic heterocycles. The van der Waals surface area contributed by atoms with E-state index in [1.165, 1.54) is 0 Å². The van der Waals surface area contributed by atoms with Gasteiger partial charge in [-0.2, -0.15) is 0 Å². The molecule has 0 saturated heterocycles. The molecule has 6 heteroatoms. The minimum Gasteiger partial charge on any atom is -0.494 e. The normalized spacial score (nSPS) is 12.4. The summed E-state index contributed by atoms with van der Waals surface area (Å²) in [5, 5.41) is 0. The minimum atomic E-state index is -0.418. The Bertz CT molecular complexity index is 741. The highest BCUT2D eigenvalue weighted by Gasteiger charge is 2.28. The summed E-state index contributed by atoms with van der Waals surface area (Å²) in [6, 6.07) is 7.80. The molecule has 0 radical (unpaired) electrons. The van der Waals surface area contributed by atoms with Gasteiger partial charge in [-0.05, 0) is 64.3 Å². The zero-order valence-electron chi connectivity index (χ0n) is 19.5. The first kappa shape index (κ1) is 24.8. The van der Waals surface area contributed by atoms with E-state index >= 15 is 0 Å². The van der Waals surface area contributed by atoms with Gasteiger partial charge in [0, 0.05) is 18.8 Å². The number of nitrogens with zero attached hydrogens (tertiary/aromatic N) is 2. The fraction of sp³-hybridized carbons (Fsp3) is 0.600. The van der Waals surface area contributed by atoms with E-state index in [1.54, 1.807) is 12.5 Å². The molecule has 0 saturated carbocycles. The summed E-state index contributed by atoms with van der Waals surface area (Å²) in [6.45, 7) is 9.01. The second-order valence-corrected chi connectivity index (χ2v) is 8.46. The van der Waals surface area contributed by atoms with Gasteiger partial charge in [0.1, 0.15) is 11.5 Å². The zero-order chi connectivity index (χ0) is 22.5. The molecule has 0 aliphatic carbocycles. The monoisotopic (exact) mass is 430 g/mol. The van der Waals surface area contributed by atoms with Crippen molar-refractivity contribution in [3.63, 3.8) is 0 Å². The molecule has 2 aromatic rings. The van der Waals surface area contributed by atoms with Crippen LogP contribution in [0.1, 0.15) is 78.9 Å². The van der Waals surface area contributed by atoms with Crippen LogP contribution in [0.3, 0.4) is 0 Å². The molecule has 2 rings (SSSR count). The molecule has 172 valence electrons. The van der Waals surface area contributed by atoms with Gasteiger partial charge < -0.3 is 18.8 Å². The molecule has 1 unspecified atom stereocenters. The highest BCUT2D eigenvalue weighted by Crippen LogP contribution is 2.26. The summed E-state index contributed by atoms with van der Waals surface area (Å²) in [5.41, 5.74) is -0.418. The van der Waals surface area contributed by atoms with Crippen molar-refractivity contribution in [3.8, 4) is 11.5 Å². The Hall–Kier alpha value is -2.50. The van der Waals surface area contributed by atoms with Crippen LogP contribution in [-0.2, 0) is 9.53 Å². The van der Waals surface area contributed by atoms with Crippen LogP contribution in [0.15, 0.2) is 43.0 Å². The Morgan fingerprint density at radius 2 is 1.81 bits per heavy atom. The maximum absolute atomic E-state index is 11.9. The number of carbonyl (C=O) groups excluding carboxylic acids is 1. The van der Waals surface area contributed by atoms with E-state index in [4.69, 9.17) is 14.2 Å². The topological polar surface area (TPSA) is 62.6 Å². The molecule has 0 aliphatic heterocycles. The van der Waals surface area contributed by atoms with E-state index in [0.717, 1.165) is 56.4 Å². The standard InChI is InChI=1S/C25H38N2O4/c1-5-7-11-23(27-18-17-26-20-27)31-22-14-12-21(13-15-22)30-19-10-8-9-16-25(3,4)24(28)29-6-2/h12-15,17-18,20,23H,5-11,16,19H2,1-4H3. The summed E-state index contributed by atoms with van der Waals surface area (Å²) >= 11 is 0. The van der Waals surface area contributed by atoms with Crippen LogP contribution in [0.2, 0.25) is 0 Å². The van der Waals surface area contributed by atoms with Crippen LogP contribution >= 0.6 is 0 Å². The molecule has 0 N–H and O–H groups in total. The van der Waals surface area contributed by atoms with Gasteiger partial charge in [0.15, 0.2) is 6.23 Å². The lowest BCUT2D eigenvalue weighted by Crippen LogP contribution is -2.26. The predicted molar refractivity (Wildman–Crippen MR) is 122 cm³/mol. The van der Waals surface area contributed by atoms with Crippen LogP contribution in [0.25, 0.3) is 0 Å². The average Bonchev–Trinajstić information content (AvgIpc) is 3.29. The molecule has 1 heterocycles. The largest absolute Gasteiger partial charge is 0.494 e. The van der Waals surface area contributed by atoms with E-state index < -0.39 is 5.41 Å². The maximum atomic E-state index is 11.9. The molecular weight excluding hydrogens is 392 g/mol. The van der Waals surface area contributed by atoms with Gasteiger partial charge in [-0.25, -0.2) is 4.98 Å². The van der Waals surface area contributed by atoms with Gasteiger partial charge in [-0.3, -0.25) is 4.79 Å². The third kappa shape index (κ3) is 8.64. The molecule has 0 fully saturated rings. The van der Waals surface area contributed by atoms with Gasteiger partial charge in [0.2, 0.25) is 0 Å². The molecule has 0 bridgehead atoms. The van der Waals surface area contributed by atoms with Crippen molar-refractivity contribution in [2.24, 2.45) is 5.41 Å². The Labute approximate surface area is 186 Å². The lowest BCUT2D eigenvalue weighted by Gasteiger charge is -2.22. The zero-order valence-corrected chi connectivity index (χ0v) is 19.5. The summed E-state index contributed by atoms with van der Waals surface area (Å²) in [5.74, 6) is 1.55. The number of carbonyl (C=O) groups is 1. The van der Waals surface area contributed by atoms with Crippen LogP contribution < -0.4 is 9.47 Å². The van der Waals surface area contributed by atoms with Crippen molar-refractivity contribution in [3.05, 3.63) is 43.0 Å². The fourth-order valence-corrected chi connectivity index (χ4v) is 3.32. The van der Waals surface area contributed by atoms with Crippen LogP contribution in [0, 0.1) is 5.41 Å². The van der Waals surface area contributed by atoms with Gasteiger partial charge in [0.25, 0.3) is 0 Å². The van der Waals surface area contributed by atoms with Crippen molar-refractivity contribution in [1.82, 2.24) is 9.55 Å². The lowest BCUT2D eigenvalue weighted by molar-refractivity contribution is -0.153. The first-order valence-electron chi connectivity index (χ1n) is 11.5. The van der Waals surface area contributed by atoms with Crippen molar-refractivity contribution >= 4 is 5.97 Å².